The number of esters is 1. The highest BCUT2D eigenvalue weighted by Crippen LogP contribution is 2.56. The maximum Gasteiger partial charge on any atom is 0.317 e. The Hall–Kier alpha value is -3.19. The fourth-order valence-corrected chi connectivity index (χ4v) is 11.2. The van der Waals surface area contributed by atoms with Crippen LogP contribution in [0.4, 0.5) is 0 Å². The van der Waals surface area contributed by atoms with E-state index in [0.29, 0.717) is 21.2 Å². The Labute approximate surface area is 206 Å². The van der Waals surface area contributed by atoms with E-state index in [4.69, 9.17) is 4.74 Å². The summed E-state index contributed by atoms with van der Waals surface area (Å²) in [6.45, 7) is 1.86. The third-order valence-corrected chi connectivity index (χ3v) is 12.9. The first kappa shape index (κ1) is 24.9. The molecule has 0 aliphatic carbocycles. The first-order valence-corrected chi connectivity index (χ1v) is 15.2. The average molecular weight is 502 g/mol. The Kier molecular flexibility index (Phi) is 7.86. The molecule has 0 fully saturated rings. The molecule has 4 aromatic carbocycles. The highest BCUT2D eigenvalue weighted by Gasteiger charge is 2.47. The van der Waals surface area contributed by atoms with Gasteiger partial charge in [-0.15, -0.1) is 0 Å². The van der Waals surface area contributed by atoms with E-state index in [-0.39, 0.29) is 12.8 Å². The molecule has 0 radical (unpaired) electrons. The van der Waals surface area contributed by atoms with Crippen LogP contribution >= 0.6 is 14.3 Å². The predicted octanol–water partition coefficient (Wildman–Crippen LogP) is 4.95. The number of carbonyl (C=O) groups is 1. The smallest absolute Gasteiger partial charge is 0.317 e. The minimum Gasteiger partial charge on any atom is -0.465 e. The van der Waals surface area contributed by atoms with Crippen LogP contribution in [-0.4, -0.2) is 24.4 Å². The maximum atomic E-state index is 15.2. The predicted molar refractivity (Wildman–Crippen MR) is 145 cm³/mol. The SMILES string of the molecule is CCOC(=O)[C@@H](CP(=O)(c1ccccc1)c1ccccc1)P(=O)(c1ccccc1)c1ccccc1. The average Bonchev–Trinajstić information content (AvgIpc) is 2.93. The van der Waals surface area contributed by atoms with Crippen molar-refractivity contribution in [3.05, 3.63) is 121 Å². The van der Waals surface area contributed by atoms with Crippen LogP contribution in [0, 0.1) is 0 Å². The monoisotopic (exact) mass is 502 g/mol. The molecule has 0 saturated heterocycles. The van der Waals surface area contributed by atoms with Gasteiger partial charge in [0.2, 0.25) is 0 Å². The minimum atomic E-state index is -3.60. The lowest BCUT2D eigenvalue weighted by atomic mass is 10.4. The molecule has 4 rings (SSSR count). The molecule has 0 bridgehead atoms. The summed E-state index contributed by atoms with van der Waals surface area (Å²) >= 11 is 0. The largest absolute Gasteiger partial charge is 0.465 e. The molecule has 178 valence electrons. The second-order valence-corrected chi connectivity index (χ2v) is 14.0. The minimum absolute atomic E-state index is 0.110. The van der Waals surface area contributed by atoms with Crippen LogP contribution in [0.25, 0.3) is 0 Å². The summed E-state index contributed by atoms with van der Waals surface area (Å²) in [5.74, 6) is -0.601. The third-order valence-electron chi connectivity index (χ3n) is 6.05. The molecule has 0 saturated carbocycles. The van der Waals surface area contributed by atoms with E-state index in [0.717, 1.165) is 0 Å². The van der Waals surface area contributed by atoms with Crippen LogP contribution < -0.4 is 21.2 Å². The van der Waals surface area contributed by atoms with E-state index < -0.39 is 25.9 Å². The van der Waals surface area contributed by atoms with E-state index in [2.05, 4.69) is 0 Å². The van der Waals surface area contributed by atoms with Gasteiger partial charge in [-0.1, -0.05) is 121 Å². The summed E-state index contributed by atoms with van der Waals surface area (Å²) in [7, 11) is -6.97. The molecular weight excluding hydrogens is 474 g/mol. The normalized spacial score (nSPS) is 12.6. The molecule has 0 N–H and O–H groups in total. The molecular formula is C29H28O4P2. The molecule has 1 atom stereocenters. The second kappa shape index (κ2) is 11.0. The van der Waals surface area contributed by atoms with Crippen LogP contribution in [-0.2, 0) is 18.7 Å². The van der Waals surface area contributed by atoms with Gasteiger partial charge < -0.3 is 13.9 Å². The van der Waals surface area contributed by atoms with Crippen LogP contribution in [0.5, 0.6) is 0 Å². The first-order valence-electron chi connectivity index (χ1n) is 11.6. The summed E-state index contributed by atoms with van der Waals surface area (Å²) in [4.78, 5) is 13.6. The van der Waals surface area contributed by atoms with Crippen molar-refractivity contribution in [2.75, 3.05) is 12.8 Å². The highest BCUT2D eigenvalue weighted by atomic mass is 31.2. The molecule has 0 spiro atoms. The van der Waals surface area contributed by atoms with Crippen molar-refractivity contribution in [1.82, 2.24) is 0 Å². The molecule has 0 unspecified atom stereocenters. The van der Waals surface area contributed by atoms with Gasteiger partial charge in [0.25, 0.3) is 0 Å². The van der Waals surface area contributed by atoms with Gasteiger partial charge in [0, 0.05) is 27.4 Å². The number of hydrogen-bond acceptors (Lipinski definition) is 4. The fraction of sp³-hybridized carbons (Fsp3) is 0.138. The first-order chi connectivity index (χ1) is 17.0. The van der Waals surface area contributed by atoms with Gasteiger partial charge in [0.15, 0.2) is 7.14 Å². The lowest BCUT2D eigenvalue weighted by Gasteiger charge is -2.30. The number of hydrogen-bond donors (Lipinski definition) is 0. The number of ether oxygens (including phenoxy) is 1. The molecule has 0 aliphatic rings. The molecule has 35 heavy (non-hydrogen) atoms. The van der Waals surface area contributed by atoms with Crippen LogP contribution in [0.15, 0.2) is 121 Å². The lowest BCUT2D eigenvalue weighted by Crippen LogP contribution is -2.38. The van der Waals surface area contributed by atoms with E-state index in [1.165, 1.54) is 0 Å². The molecule has 0 aromatic heterocycles. The molecule has 6 heteroatoms. The van der Waals surface area contributed by atoms with Crippen molar-refractivity contribution in [3.8, 4) is 0 Å². The van der Waals surface area contributed by atoms with Crippen molar-refractivity contribution in [1.29, 1.82) is 0 Å². The lowest BCUT2D eigenvalue weighted by molar-refractivity contribution is -0.142. The molecule has 0 aliphatic heterocycles. The van der Waals surface area contributed by atoms with Gasteiger partial charge >= 0.3 is 5.97 Å². The van der Waals surface area contributed by atoms with Gasteiger partial charge in [0.05, 0.1) is 6.61 Å². The summed E-state index contributed by atoms with van der Waals surface area (Å²) in [5, 5.41) is 2.31. The van der Waals surface area contributed by atoms with Crippen molar-refractivity contribution < 1.29 is 18.7 Å². The van der Waals surface area contributed by atoms with E-state index in [1.807, 2.05) is 72.8 Å². The van der Waals surface area contributed by atoms with Crippen LogP contribution in [0.1, 0.15) is 6.92 Å². The van der Waals surface area contributed by atoms with E-state index in [9.17, 15) is 9.36 Å². The molecule has 4 aromatic rings. The number of carbonyl (C=O) groups excluding carboxylic acids is 1. The van der Waals surface area contributed by atoms with Crippen molar-refractivity contribution >= 4 is 41.5 Å². The number of benzene rings is 4. The van der Waals surface area contributed by atoms with Crippen LogP contribution in [0.2, 0.25) is 0 Å². The Morgan fingerprint density at radius 1 is 0.629 bits per heavy atom. The standard InChI is InChI=1S/C29H28O4P2/c1-2-33-29(30)28(35(32,26-19-11-5-12-20-26)27-21-13-6-14-22-27)23-34(31,24-15-7-3-8-16-24)25-17-9-4-10-18-25/h3-22,28H,2,23H2,1H3/t28-/m1/s1. The summed E-state index contributed by atoms with van der Waals surface area (Å²) < 4.78 is 35.5. The van der Waals surface area contributed by atoms with Gasteiger partial charge in [-0.3, -0.25) is 4.79 Å². The second-order valence-electron chi connectivity index (χ2n) is 8.19. The van der Waals surface area contributed by atoms with Crippen molar-refractivity contribution in [3.63, 3.8) is 0 Å². The van der Waals surface area contributed by atoms with Gasteiger partial charge in [-0.2, -0.15) is 0 Å². The van der Waals surface area contributed by atoms with E-state index in [1.54, 1.807) is 55.5 Å². The zero-order valence-corrected chi connectivity index (χ0v) is 21.4. The van der Waals surface area contributed by atoms with Gasteiger partial charge in [-0.05, 0) is 6.92 Å². The third kappa shape index (κ3) is 5.10. The van der Waals surface area contributed by atoms with Gasteiger partial charge in [0.1, 0.15) is 12.8 Å². The quantitative estimate of drug-likeness (QED) is 0.240. The zero-order valence-electron chi connectivity index (χ0n) is 19.6. The van der Waals surface area contributed by atoms with Gasteiger partial charge in [-0.25, -0.2) is 0 Å². The highest BCUT2D eigenvalue weighted by molar-refractivity contribution is 7.83. The maximum absolute atomic E-state index is 15.2. The Bertz CT molecular complexity index is 1250. The summed E-state index contributed by atoms with van der Waals surface area (Å²) in [6.07, 6.45) is -0.110. The Morgan fingerprint density at radius 2 is 0.971 bits per heavy atom. The van der Waals surface area contributed by atoms with Crippen molar-refractivity contribution in [2.24, 2.45) is 0 Å². The fourth-order valence-electron chi connectivity index (χ4n) is 4.33. The van der Waals surface area contributed by atoms with Crippen LogP contribution in [0.3, 0.4) is 0 Å². The summed E-state index contributed by atoms with van der Waals surface area (Å²) in [5.41, 5.74) is -1.13. The molecule has 4 nitrogen and oxygen atoms in total. The van der Waals surface area contributed by atoms with E-state index >= 15 is 4.57 Å². The Morgan fingerprint density at radius 3 is 1.31 bits per heavy atom. The number of rotatable bonds is 9. The zero-order chi connectivity index (χ0) is 24.7. The Balaban J connectivity index is 1.96. The van der Waals surface area contributed by atoms with Crippen molar-refractivity contribution in [2.45, 2.75) is 12.6 Å². The molecule has 0 amide bonds. The molecule has 0 heterocycles. The topological polar surface area (TPSA) is 60.4 Å². The summed E-state index contributed by atoms with van der Waals surface area (Å²) in [6, 6.07) is 36.3.